The Labute approximate surface area is 114 Å². The van der Waals surface area contributed by atoms with E-state index in [1.165, 1.54) is 18.4 Å². The quantitative estimate of drug-likeness (QED) is 0.907. The van der Waals surface area contributed by atoms with Gasteiger partial charge in [-0.25, -0.2) is 4.98 Å². The van der Waals surface area contributed by atoms with Gasteiger partial charge in [0.2, 0.25) is 0 Å². The molecule has 1 aliphatic rings. The zero-order chi connectivity index (χ0) is 13.0. The summed E-state index contributed by atoms with van der Waals surface area (Å²) in [5.74, 6) is 1.15. The van der Waals surface area contributed by atoms with Gasteiger partial charge in [-0.05, 0) is 44.1 Å². The van der Waals surface area contributed by atoms with Crippen LogP contribution in [0.4, 0.5) is 5.82 Å². The summed E-state index contributed by atoms with van der Waals surface area (Å²) in [6.45, 7) is 4.29. The molecular formula is C14H23N3S. The zero-order valence-electron chi connectivity index (χ0n) is 11.3. The lowest BCUT2D eigenvalue weighted by molar-refractivity contribution is 0.583. The molecule has 0 amide bonds. The number of thioether (sulfide) groups is 1. The van der Waals surface area contributed by atoms with Gasteiger partial charge in [0.15, 0.2) is 0 Å². The molecule has 1 aromatic rings. The Hall–Kier alpha value is -0.740. The summed E-state index contributed by atoms with van der Waals surface area (Å²) in [5, 5.41) is 0.821. The Morgan fingerprint density at radius 2 is 2.22 bits per heavy atom. The summed E-state index contributed by atoms with van der Waals surface area (Å²) in [4.78, 5) is 6.99. The van der Waals surface area contributed by atoms with E-state index in [0.29, 0.717) is 0 Å². The van der Waals surface area contributed by atoms with E-state index in [-0.39, 0.29) is 6.04 Å². The molecule has 1 saturated heterocycles. The van der Waals surface area contributed by atoms with Gasteiger partial charge in [0.25, 0.3) is 0 Å². The van der Waals surface area contributed by atoms with E-state index in [0.717, 1.165) is 30.6 Å². The number of hydrogen-bond donors (Lipinski definition) is 1. The highest BCUT2D eigenvalue weighted by Crippen LogP contribution is 2.26. The SMILES string of the molecule is CSC1CCN(c2ncccc2CC(C)N)CC1. The molecule has 0 spiro atoms. The summed E-state index contributed by atoms with van der Waals surface area (Å²) in [5.41, 5.74) is 7.20. The van der Waals surface area contributed by atoms with Crippen LogP contribution in [0.3, 0.4) is 0 Å². The lowest BCUT2D eigenvalue weighted by Gasteiger charge is -2.33. The second-order valence-corrected chi connectivity index (χ2v) is 6.23. The van der Waals surface area contributed by atoms with Crippen molar-refractivity contribution >= 4 is 17.6 Å². The lowest BCUT2D eigenvalue weighted by Crippen LogP contribution is -2.36. The molecule has 1 atom stereocenters. The predicted octanol–water partition coefficient (Wildman–Crippen LogP) is 2.30. The third kappa shape index (κ3) is 3.39. The summed E-state index contributed by atoms with van der Waals surface area (Å²) in [6, 6.07) is 4.36. The molecule has 0 saturated carbocycles. The highest BCUT2D eigenvalue weighted by atomic mass is 32.2. The standard InChI is InChI=1S/C14H23N3S/c1-11(15)10-12-4-3-7-16-14(12)17-8-5-13(18-2)6-9-17/h3-4,7,11,13H,5-6,8-10,15H2,1-2H3. The van der Waals surface area contributed by atoms with Gasteiger partial charge >= 0.3 is 0 Å². The molecule has 2 heterocycles. The third-order valence-electron chi connectivity index (χ3n) is 3.48. The first-order chi connectivity index (χ1) is 8.70. The molecule has 4 heteroatoms. The Morgan fingerprint density at radius 1 is 1.50 bits per heavy atom. The average molecular weight is 265 g/mol. The fourth-order valence-corrected chi connectivity index (χ4v) is 3.21. The van der Waals surface area contributed by atoms with E-state index in [4.69, 9.17) is 5.73 Å². The molecule has 0 bridgehead atoms. The van der Waals surface area contributed by atoms with Gasteiger partial charge in [0.05, 0.1) is 0 Å². The van der Waals surface area contributed by atoms with Crippen molar-refractivity contribution in [2.75, 3.05) is 24.2 Å². The molecule has 1 aromatic heterocycles. The normalized spacial score (nSPS) is 18.9. The molecule has 2 N–H and O–H groups in total. The molecule has 18 heavy (non-hydrogen) atoms. The van der Waals surface area contributed by atoms with Crippen LogP contribution < -0.4 is 10.6 Å². The Bertz CT molecular complexity index is 373. The van der Waals surface area contributed by atoms with Crippen LogP contribution in [0.15, 0.2) is 18.3 Å². The predicted molar refractivity (Wildman–Crippen MR) is 80.3 cm³/mol. The van der Waals surface area contributed by atoms with Crippen molar-refractivity contribution in [1.82, 2.24) is 4.98 Å². The number of piperidine rings is 1. The minimum absolute atomic E-state index is 0.191. The summed E-state index contributed by atoms with van der Waals surface area (Å²) in [7, 11) is 0. The van der Waals surface area contributed by atoms with E-state index < -0.39 is 0 Å². The van der Waals surface area contributed by atoms with Crippen molar-refractivity contribution in [2.24, 2.45) is 5.73 Å². The van der Waals surface area contributed by atoms with Gasteiger partial charge in [-0.15, -0.1) is 0 Å². The molecular weight excluding hydrogens is 242 g/mol. The van der Waals surface area contributed by atoms with E-state index in [2.05, 4.69) is 29.1 Å². The van der Waals surface area contributed by atoms with Gasteiger partial charge in [-0.3, -0.25) is 0 Å². The second-order valence-electron chi connectivity index (χ2n) is 5.09. The van der Waals surface area contributed by atoms with Crippen molar-refractivity contribution in [3.8, 4) is 0 Å². The van der Waals surface area contributed by atoms with Crippen LogP contribution in [-0.4, -0.2) is 35.6 Å². The third-order valence-corrected chi connectivity index (χ3v) is 4.62. The van der Waals surface area contributed by atoms with Crippen LogP contribution in [0.2, 0.25) is 0 Å². The maximum atomic E-state index is 5.92. The van der Waals surface area contributed by atoms with Crippen molar-refractivity contribution in [1.29, 1.82) is 0 Å². The highest BCUT2D eigenvalue weighted by molar-refractivity contribution is 7.99. The Balaban J connectivity index is 2.08. The Morgan fingerprint density at radius 3 is 2.83 bits per heavy atom. The molecule has 1 fully saturated rings. The first-order valence-corrected chi connectivity index (χ1v) is 7.96. The first kappa shape index (κ1) is 13.7. The molecule has 0 aromatic carbocycles. The smallest absolute Gasteiger partial charge is 0.131 e. The second kappa shape index (κ2) is 6.43. The molecule has 0 aliphatic carbocycles. The van der Waals surface area contributed by atoms with Crippen LogP contribution >= 0.6 is 11.8 Å². The summed E-state index contributed by atoms with van der Waals surface area (Å²) >= 11 is 1.99. The molecule has 3 nitrogen and oxygen atoms in total. The van der Waals surface area contributed by atoms with Crippen molar-refractivity contribution in [3.05, 3.63) is 23.9 Å². The van der Waals surface area contributed by atoms with Crippen LogP contribution in [0, 0.1) is 0 Å². The van der Waals surface area contributed by atoms with Crippen LogP contribution in [0.25, 0.3) is 0 Å². The van der Waals surface area contributed by atoms with Crippen molar-refractivity contribution < 1.29 is 0 Å². The van der Waals surface area contributed by atoms with E-state index in [9.17, 15) is 0 Å². The maximum Gasteiger partial charge on any atom is 0.131 e. The fraction of sp³-hybridized carbons (Fsp3) is 0.643. The van der Waals surface area contributed by atoms with E-state index in [1.54, 1.807) is 0 Å². The number of hydrogen-bond acceptors (Lipinski definition) is 4. The van der Waals surface area contributed by atoms with Crippen molar-refractivity contribution in [3.63, 3.8) is 0 Å². The molecule has 2 rings (SSSR count). The minimum atomic E-state index is 0.191. The van der Waals surface area contributed by atoms with Gasteiger partial charge < -0.3 is 10.6 Å². The zero-order valence-corrected chi connectivity index (χ0v) is 12.1. The van der Waals surface area contributed by atoms with Gasteiger partial charge in [0.1, 0.15) is 5.82 Å². The number of rotatable bonds is 4. The number of nitrogens with zero attached hydrogens (tertiary/aromatic N) is 2. The first-order valence-electron chi connectivity index (χ1n) is 6.68. The topological polar surface area (TPSA) is 42.2 Å². The summed E-state index contributed by atoms with van der Waals surface area (Å²) < 4.78 is 0. The van der Waals surface area contributed by atoms with Crippen LogP contribution in [0.1, 0.15) is 25.3 Å². The Kier molecular flexibility index (Phi) is 4.89. The van der Waals surface area contributed by atoms with Crippen LogP contribution in [-0.2, 0) is 6.42 Å². The monoisotopic (exact) mass is 265 g/mol. The molecule has 0 radical (unpaired) electrons. The number of nitrogens with two attached hydrogens (primary N) is 1. The molecule has 1 aliphatic heterocycles. The average Bonchev–Trinajstić information content (AvgIpc) is 2.39. The molecule has 1 unspecified atom stereocenters. The highest BCUT2D eigenvalue weighted by Gasteiger charge is 2.21. The van der Waals surface area contributed by atoms with Gasteiger partial charge in [-0.1, -0.05) is 6.07 Å². The van der Waals surface area contributed by atoms with Crippen molar-refractivity contribution in [2.45, 2.75) is 37.5 Å². The number of pyridine rings is 1. The number of aromatic nitrogens is 1. The largest absolute Gasteiger partial charge is 0.356 e. The van der Waals surface area contributed by atoms with Crippen LogP contribution in [0.5, 0.6) is 0 Å². The number of anilines is 1. The summed E-state index contributed by atoms with van der Waals surface area (Å²) in [6.07, 6.45) is 7.53. The van der Waals surface area contributed by atoms with E-state index >= 15 is 0 Å². The van der Waals surface area contributed by atoms with Gasteiger partial charge in [0, 0.05) is 30.6 Å². The molecule has 100 valence electrons. The van der Waals surface area contributed by atoms with E-state index in [1.807, 2.05) is 24.0 Å². The maximum absolute atomic E-state index is 5.92. The lowest BCUT2D eigenvalue weighted by atomic mass is 10.1. The fourth-order valence-electron chi connectivity index (χ4n) is 2.52. The minimum Gasteiger partial charge on any atom is -0.356 e. The van der Waals surface area contributed by atoms with Gasteiger partial charge in [-0.2, -0.15) is 11.8 Å².